The summed E-state index contributed by atoms with van der Waals surface area (Å²) < 4.78 is 0. The van der Waals surface area contributed by atoms with Crippen molar-refractivity contribution in [2.24, 2.45) is 0 Å². The molecule has 2 atom stereocenters. The number of aliphatic hydroxyl groups is 1. The Labute approximate surface area is 145 Å². The van der Waals surface area contributed by atoms with Crippen LogP contribution in [0.4, 0.5) is 10.5 Å². The SMILES string of the molecule is Cc1ccc(-c2ncccc2NC(=O)N2[C@H]3CC[C@H]2CC(O)C3)s1. The van der Waals surface area contributed by atoms with Crippen LogP contribution in [0, 0.1) is 6.92 Å². The molecule has 0 spiro atoms. The first-order chi connectivity index (χ1) is 11.6. The van der Waals surface area contributed by atoms with E-state index in [0.717, 1.165) is 29.1 Å². The van der Waals surface area contributed by atoms with Crippen molar-refractivity contribution in [1.82, 2.24) is 9.88 Å². The van der Waals surface area contributed by atoms with E-state index in [-0.39, 0.29) is 24.2 Å². The van der Waals surface area contributed by atoms with Crippen LogP contribution in [0.15, 0.2) is 30.5 Å². The number of amides is 2. The maximum absolute atomic E-state index is 12.8. The van der Waals surface area contributed by atoms with E-state index in [1.807, 2.05) is 23.1 Å². The Morgan fingerprint density at radius 1 is 1.29 bits per heavy atom. The van der Waals surface area contributed by atoms with Gasteiger partial charge in [-0.15, -0.1) is 11.3 Å². The molecule has 0 radical (unpaired) electrons. The van der Waals surface area contributed by atoms with Gasteiger partial charge in [0.15, 0.2) is 0 Å². The summed E-state index contributed by atoms with van der Waals surface area (Å²) in [5.41, 5.74) is 1.56. The summed E-state index contributed by atoms with van der Waals surface area (Å²) in [7, 11) is 0. The third-order valence-electron chi connectivity index (χ3n) is 4.97. The lowest BCUT2D eigenvalue weighted by atomic mass is 10.0. The van der Waals surface area contributed by atoms with Crippen molar-refractivity contribution in [2.45, 2.75) is 50.8 Å². The summed E-state index contributed by atoms with van der Waals surface area (Å²) in [6, 6.07) is 8.08. The zero-order valence-electron chi connectivity index (χ0n) is 13.6. The molecule has 2 amide bonds. The maximum atomic E-state index is 12.8. The molecule has 2 bridgehead atoms. The van der Waals surface area contributed by atoms with Gasteiger partial charge in [0.2, 0.25) is 0 Å². The molecule has 126 valence electrons. The van der Waals surface area contributed by atoms with Crippen molar-refractivity contribution in [2.75, 3.05) is 5.32 Å². The molecule has 2 fully saturated rings. The van der Waals surface area contributed by atoms with Gasteiger partial charge in [-0.1, -0.05) is 0 Å². The highest BCUT2D eigenvalue weighted by atomic mass is 32.1. The molecule has 2 aliphatic rings. The number of rotatable bonds is 2. The largest absolute Gasteiger partial charge is 0.393 e. The average Bonchev–Trinajstić information content (AvgIpc) is 3.10. The van der Waals surface area contributed by atoms with Gasteiger partial charge in [0.05, 0.1) is 16.7 Å². The molecule has 0 aliphatic carbocycles. The number of carbonyl (C=O) groups excluding carboxylic acids is 1. The topological polar surface area (TPSA) is 65.5 Å². The molecule has 5 nitrogen and oxygen atoms in total. The molecule has 6 heteroatoms. The van der Waals surface area contributed by atoms with Gasteiger partial charge in [-0.05, 0) is 56.9 Å². The Balaban J connectivity index is 1.57. The van der Waals surface area contributed by atoms with Crippen LogP contribution in [0.2, 0.25) is 0 Å². The van der Waals surface area contributed by atoms with Crippen LogP contribution in [0.5, 0.6) is 0 Å². The number of thiophene rings is 1. The number of aryl methyl sites for hydroxylation is 1. The van der Waals surface area contributed by atoms with Gasteiger partial charge in [-0.2, -0.15) is 0 Å². The molecule has 0 aromatic carbocycles. The van der Waals surface area contributed by atoms with Gasteiger partial charge in [0.1, 0.15) is 5.69 Å². The number of hydrogen-bond acceptors (Lipinski definition) is 4. The minimum absolute atomic E-state index is 0.0723. The summed E-state index contributed by atoms with van der Waals surface area (Å²) in [5, 5.41) is 13.0. The second kappa shape index (κ2) is 6.18. The molecule has 24 heavy (non-hydrogen) atoms. The number of nitrogens with zero attached hydrogens (tertiary/aromatic N) is 2. The van der Waals surface area contributed by atoms with E-state index in [0.29, 0.717) is 12.8 Å². The van der Waals surface area contributed by atoms with Crippen LogP contribution in [0.3, 0.4) is 0 Å². The zero-order chi connectivity index (χ0) is 16.7. The van der Waals surface area contributed by atoms with Crippen molar-refractivity contribution in [3.63, 3.8) is 0 Å². The third-order valence-corrected chi connectivity index (χ3v) is 5.97. The molecule has 4 heterocycles. The third kappa shape index (κ3) is 2.80. The lowest BCUT2D eigenvalue weighted by Gasteiger charge is -2.37. The van der Waals surface area contributed by atoms with Crippen LogP contribution in [-0.4, -0.2) is 39.2 Å². The minimum atomic E-state index is -0.269. The monoisotopic (exact) mass is 343 g/mol. The Kier molecular flexibility index (Phi) is 4.02. The van der Waals surface area contributed by atoms with Crippen LogP contribution in [-0.2, 0) is 0 Å². The fraction of sp³-hybridized carbons (Fsp3) is 0.444. The van der Waals surface area contributed by atoms with E-state index < -0.39 is 0 Å². The first-order valence-electron chi connectivity index (χ1n) is 8.41. The van der Waals surface area contributed by atoms with Crippen LogP contribution >= 0.6 is 11.3 Å². The zero-order valence-corrected chi connectivity index (χ0v) is 14.4. The number of anilines is 1. The number of fused-ring (bicyclic) bond motifs is 2. The lowest BCUT2D eigenvalue weighted by molar-refractivity contribution is 0.0580. The molecule has 0 unspecified atom stereocenters. The highest BCUT2D eigenvalue weighted by molar-refractivity contribution is 7.15. The van der Waals surface area contributed by atoms with Crippen LogP contribution < -0.4 is 5.32 Å². The van der Waals surface area contributed by atoms with Gasteiger partial charge in [0, 0.05) is 23.2 Å². The fourth-order valence-electron chi connectivity index (χ4n) is 3.92. The Bertz CT molecular complexity index is 746. The molecular weight excluding hydrogens is 322 g/mol. The molecule has 4 rings (SSSR count). The van der Waals surface area contributed by atoms with Crippen molar-refractivity contribution >= 4 is 23.1 Å². The molecule has 2 saturated heterocycles. The van der Waals surface area contributed by atoms with Crippen molar-refractivity contribution in [3.8, 4) is 10.6 Å². The summed E-state index contributed by atoms with van der Waals surface area (Å²) in [5.74, 6) is 0. The lowest BCUT2D eigenvalue weighted by Crippen LogP contribution is -2.49. The van der Waals surface area contributed by atoms with Crippen molar-refractivity contribution in [3.05, 3.63) is 35.3 Å². The second-order valence-electron chi connectivity index (χ2n) is 6.66. The fourth-order valence-corrected chi connectivity index (χ4v) is 4.80. The number of pyridine rings is 1. The molecule has 2 aliphatic heterocycles. The standard InChI is InChI=1S/C18H21N3O2S/c1-11-4-7-16(24-11)17-15(3-2-8-19-17)20-18(23)21-12-5-6-13(21)10-14(22)9-12/h2-4,7-8,12-14,22H,5-6,9-10H2,1H3,(H,20,23)/t12-,13-/m0/s1. The van der Waals surface area contributed by atoms with Crippen LogP contribution in [0.25, 0.3) is 10.6 Å². The van der Waals surface area contributed by atoms with E-state index in [9.17, 15) is 9.90 Å². The smallest absolute Gasteiger partial charge is 0.322 e. The number of piperidine rings is 1. The molecule has 2 N–H and O–H groups in total. The molecule has 0 saturated carbocycles. The number of urea groups is 1. The van der Waals surface area contributed by atoms with Gasteiger partial charge in [-0.25, -0.2) is 4.79 Å². The Hall–Kier alpha value is -1.92. The van der Waals surface area contributed by atoms with Gasteiger partial charge < -0.3 is 15.3 Å². The Morgan fingerprint density at radius 3 is 2.71 bits per heavy atom. The van der Waals surface area contributed by atoms with Crippen molar-refractivity contribution in [1.29, 1.82) is 0 Å². The summed E-state index contributed by atoms with van der Waals surface area (Å²) in [6.07, 6.45) is 4.83. The predicted molar refractivity (Wildman–Crippen MR) is 95.2 cm³/mol. The minimum Gasteiger partial charge on any atom is -0.393 e. The molecule has 2 aromatic heterocycles. The summed E-state index contributed by atoms with van der Waals surface area (Å²) in [4.78, 5) is 21.5. The first-order valence-corrected chi connectivity index (χ1v) is 9.22. The van der Waals surface area contributed by atoms with E-state index in [4.69, 9.17) is 0 Å². The van der Waals surface area contributed by atoms with Crippen LogP contribution in [0.1, 0.15) is 30.6 Å². The van der Waals surface area contributed by atoms with E-state index in [1.165, 1.54) is 4.88 Å². The quantitative estimate of drug-likeness (QED) is 0.875. The van der Waals surface area contributed by atoms with Gasteiger partial charge in [-0.3, -0.25) is 4.98 Å². The summed E-state index contributed by atoms with van der Waals surface area (Å²) >= 11 is 1.67. The second-order valence-corrected chi connectivity index (χ2v) is 7.95. The van der Waals surface area contributed by atoms with Gasteiger partial charge >= 0.3 is 6.03 Å². The Morgan fingerprint density at radius 2 is 2.04 bits per heavy atom. The normalized spacial score (nSPS) is 25.8. The van der Waals surface area contributed by atoms with E-state index in [2.05, 4.69) is 23.3 Å². The van der Waals surface area contributed by atoms with E-state index in [1.54, 1.807) is 17.5 Å². The highest BCUT2D eigenvalue weighted by Crippen LogP contribution is 2.37. The molecule has 2 aromatic rings. The first kappa shape index (κ1) is 15.6. The number of carbonyl (C=O) groups is 1. The predicted octanol–water partition coefficient (Wildman–Crippen LogP) is 3.64. The van der Waals surface area contributed by atoms with Gasteiger partial charge in [0.25, 0.3) is 0 Å². The average molecular weight is 343 g/mol. The maximum Gasteiger partial charge on any atom is 0.322 e. The number of nitrogens with one attached hydrogen (secondary N) is 1. The highest BCUT2D eigenvalue weighted by Gasteiger charge is 2.42. The summed E-state index contributed by atoms with van der Waals surface area (Å²) in [6.45, 7) is 2.06. The van der Waals surface area contributed by atoms with Crippen molar-refractivity contribution < 1.29 is 9.90 Å². The number of aliphatic hydroxyl groups excluding tert-OH is 1. The number of aromatic nitrogens is 1. The van der Waals surface area contributed by atoms with E-state index >= 15 is 0 Å². The molecular formula is C18H21N3O2S. The number of hydrogen-bond donors (Lipinski definition) is 2.